The number of nitro groups is 1. The van der Waals surface area contributed by atoms with Crippen molar-refractivity contribution in [1.82, 2.24) is 5.32 Å². The maximum absolute atomic E-state index is 11.1. The third-order valence-electron chi connectivity index (χ3n) is 4.20. The van der Waals surface area contributed by atoms with Crippen LogP contribution in [0.4, 0.5) is 5.69 Å². The standard InChI is InChI=1S/C15H21BrN2O2S/c1-21-15(7-3-2-4-8-15)11-17-10-12-5-6-13(16)9-14(12)18(19)20/h5-6,9,17H,2-4,7-8,10-11H2,1H3. The summed E-state index contributed by atoms with van der Waals surface area (Å²) in [5.41, 5.74) is 0.925. The quantitative estimate of drug-likeness (QED) is 0.589. The fraction of sp³-hybridized carbons (Fsp3) is 0.600. The van der Waals surface area contributed by atoms with Crippen LogP contribution in [0.2, 0.25) is 0 Å². The van der Waals surface area contributed by atoms with Gasteiger partial charge in [0.1, 0.15) is 0 Å². The molecule has 116 valence electrons. The molecule has 0 unspecified atom stereocenters. The van der Waals surface area contributed by atoms with Gasteiger partial charge in [0.25, 0.3) is 5.69 Å². The highest BCUT2D eigenvalue weighted by molar-refractivity contribution is 9.10. The van der Waals surface area contributed by atoms with Gasteiger partial charge >= 0.3 is 0 Å². The summed E-state index contributed by atoms with van der Waals surface area (Å²) in [6.45, 7) is 1.47. The van der Waals surface area contributed by atoms with E-state index in [1.54, 1.807) is 6.07 Å². The van der Waals surface area contributed by atoms with E-state index in [1.807, 2.05) is 23.9 Å². The minimum absolute atomic E-state index is 0.179. The van der Waals surface area contributed by atoms with Gasteiger partial charge in [-0.15, -0.1) is 0 Å². The van der Waals surface area contributed by atoms with Crippen LogP contribution in [0.1, 0.15) is 37.7 Å². The van der Waals surface area contributed by atoms with E-state index in [2.05, 4.69) is 27.5 Å². The molecular weight excluding hydrogens is 352 g/mol. The van der Waals surface area contributed by atoms with Crippen molar-refractivity contribution in [2.45, 2.75) is 43.4 Å². The van der Waals surface area contributed by atoms with Gasteiger partial charge in [0, 0.05) is 33.9 Å². The average molecular weight is 373 g/mol. The first-order valence-corrected chi connectivity index (χ1v) is 9.27. The molecule has 1 aromatic carbocycles. The molecular formula is C15H21BrN2O2S. The Labute approximate surface area is 138 Å². The van der Waals surface area contributed by atoms with Crippen molar-refractivity contribution in [1.29, 1.82) is 0 Å². The van der Waals surface area contributed by atoms with Gasteiger partial charge in [0.15, 0.2) is 0 Å². The van der Waals surface area contributed by atoms with E-state index in [0.717, 1.165) is 16.6 Å². The monoisotopic (exact) mass is 372 g/mol. The Morgan fingerprint density at radius 1 is 1.38 bits per heavy atom. The molecule has 1 aromatic rings. The minimum atomic E-state index is -0.313. The van der Waals surface area contributed by atoms with E-state index in [1.165, 1.54) is 32.1 Å². The largest absolute Gasteiger partial charge is 0.311 e. The Hall–Kier alpha value is -0.590. The molecule has 0 heterocycles. The lowest BCUT2D eigenvalue weighted by Crippen LogP contribution is -2.39. The Morgan fingerprint density at radius 2 is 2.10 bits per heavy atom. The van der Waals surface area contributed by atoms with Crippen LogP contribution in [-0.2, 0) is 6.54 Å². The van der Waals surface area contributed by atoms with E-state index in [-0.39, 0.29) is 10.6 Å². The van der Waals surface area contributed by atoms with E-state index in [0.29, 0.717) is 11.3 Å². The molecule has 1 saturated carbocycles. The van der Waals surface area contributed by atoms with Gasteiger partial charge in [-0.25, -0.2) is 0 Å². The predicted molar refractivity (Wildman–Crippen MR) is 91.8 cm³/mol. The zero-order chi connectivity index (χ0) is 15.3. The number of nitro benzene ring substituents is 1. The van der Waals surface area contributed by atoms with Crippen LogP contribution in [0, 0.1) is 10.1 Å². The number of rotatable bonds is 6. The highest BCUT2D eigenvalue weighted by Crippen LogP contribution is 2.38. The van der Waals surface area contributed by atoms with Crippen molar-refractivity contribution in [3.05, 3.63) is 38.3 Å². The van der Waals surface area contributed by atoms with Gasteiger partial charge in [-0.2, -0.15) is 11.8 Å². The molecule has 1 aliphatic rings. The van der Waals surface area contributed by atoms with Crippen LogP contribution in [0.5, 0.6) is 0 Å². The van der Waals surface area contributed by atoms with Crippen LogP contribution < -0.4 is 5.32 Å². The van der Waals surface area contributed by atoms with Crippen molar-refractivity contribution in [2.75, 3.05) is 12.8 Å². The van der Waals surface area contributed by atoms with Gasteiger partial charge < -0.3 is 5.32 Å². The van der Waals surface area contributed by atoms with Crippen LogP contribution in [0.15, 0.2) is 22.7 Å². The summed E-state index contributed by atoms with van der Waals surface area (Å²) < 4.78 is 1.05. The van der Waals surface area contributed by atoms with Gasteiger partial charge in [-0.05, 0) is 31.2 Å². The summed E-state index contributed by atoms with van der Waals surface area (Å²) in [7, 11) is 0. The number of hydrogen-bond acceptors (Lipinski definition) is 4. The average Bonchev–Trinajstić information content (AvgIpc) is 2.49. The Morgan fingerprint density at radius 3 is 2.71 bits per heavy atom. The summed E-state index contributed by atoms with van der Waals surface area (Å²) in [4.78, 5) is 10.8. The van der Waals surface area contributed by atoms with E-state index < -0.39 is 0 Å². The Balaban J connectivity index is 1.98. The van der Waals surface area contributed by atoms with Crippen molar-refractivity contribution < 1.29 is 4.92 Å². The molecule has 0 bridgehead atoms. The molecule has 21 heavy (non-hydrogen) atoms. The van der Waals surface area contributed by atoms with Gasteiger partial charge in [0.2, 0.25) is 0 Å². The highest BCUT2D eigenvalue weighted by atomic mass is 79.9. The first kappa shape index (κ1) is 16.8. The summed E-state index contributed by atoms with van der Waals surface area (Å²) in [6, 6.07) is 5.25. The first-order valence-electron chi connectivity index (χ1n) is 7.25. The molecule has 0 amide bonds. The van der Waals surface area contributed by atoms with E-state index >= 15 is 0 Å². The molecule has 0 saturated heterocycles. The second kappa shape index (κ2) is 7.61. The maximum atomic E-state index is 11.1. The molecule has 0 radical (unpaired) electrons. The molecule has 2 rings (SSSR count). The fourth-order valence-electron chi connectivity index (χ4n) is 2.93. The fourth-order valence-corrected chi connectivity index (χ4v) is 4.22. The smallest absolute Gasteiger partial charge is 0.275 e. The van der Waals surface area contributed by atoms with Crippen LogP contribution in [0.3, 0.4) is 0 Å². The summed E-state index contributed by atoms with van der Waals surface area (Å²) in [5.74, 6) is 0. The summed E-state index contributed by atoms with van der Waals surface area (Å²) in [6.07, 6.45) is 8.57. The second-order valence-electron chi connectivity index (χ2n) is 5.58. The zero-order valence-electron chi connectivity index (χ0n) is 12.2. The third-order valence-corrected chi connectivity index (χ3v) is 6.12. The number of hydrogen-bond donors (Lipinski definition) is 1. The predicted octanol–water partition coefficient (Wildman–Crippen LogP) is 4.51. The summed E-state index contributed by atoms with van der Waals surface area (Å²) >= 11 is 5.22. The van der Waals surface area contributed by atoms with E-state index in [4.69, 9.17) is 0 Å². The van der Waals surface area contributed by atoms with Crippen molar-refractivity contribution in [3.8, 4) is 0 Å². The molecule has 1 aliphatic carbocycles. The zero-order valence-corrected chi connectivity index (χ0v) is 14.6. The van der Waals surface area contributed by atoms with Crippen molar-refractivity contribution >= 4 is 33.4 Å². The lowest BCUT2D eigenvalue weighted by atomic mass is 9.88. The third kappa shape index (κ3) is 4.44. The molecule has 0 spiro atoms. The molecule has 0 atom stereocenters. The molecule has 1 N–H and O–H groups in total. The lowest BCUT2D eigenvalue weighted by molar-refractivity contribution is -0.385. The number of nitrogens with zero attached hydrogens (tertiary/aromatic N) is 1. The molecule has 0 aliphatic heterocycles. The molecule has 0 aromatic heterocycles. The van der Waals surface area contributed by atoms with Crippen LogP contribution in [-0.4, -0.2) is 22.5 Å². The Kier molecular flexibility index (Phi) is 6.08. The van der Waals surface area contributed by atoms with Crippen molar-refractivity contribution in [2.24, 2.45) is 0 Å². The number of thioether (sulfide) groups is 1. The Bertz CT molecular complexity index is 504. The minimum Gasteiger partial charge on any atom is -0.311 e. The first-order chi connectivity index (χ1) is 10.1. The SMILES string of the molecule is CSC1(CNCc2ccc(Br)cc2[N+](=O)[O-])CCCCC1. The van der Waals surface area contributed by atoms with Gasteiger partial charge in [0.05, 0.1) is 4.92 Å². The number of nitrogens with one attached hydrogen (secondary N) is 1. The van der Waals surface area contributed by atoms with E-state index in [9.17, 15) is 10.1 Å². The van der Waals surface area contributed by atoms with Gasteiger partial charge in [-0.3, -0.25) is 10.1 Å². The van der Waals surface area contributed by atoms with Crippen LogP contribution in [0.25, 0.3) is 0 Å². The molecule has 4 nitrogen and oxygen atoms in total. The van der Waals surface area contributed by atoms with Crippen LogP contribution >= 0.6 is 27.7 Å². The normalized spacial score (nSPS) is 17.6. The number of halogens is 1. The van der Waals surface area contributed by atoms with Crippen molar-refractivity contribution in [3.63, 3.8) is 0 Å². The topological polar surface area (TPSA) is 55.2 Å². The lowest BCUT2D eigenvalue weighted by Gasteiger charge is -2.36. The molecule has 6 heteroatoms. The summed E-state index contributed by atoms with van der Waals surface area (Å²) in [5, 5.41) is 14.5. The second-order valence-corrected chi connectivity index (χ2v) is 7.77. The number of benzene rings is 1. The highest BCUT2D eigenvalue weighted by Gasteiger charge is 2.30. The molecule has 1 fully saturated rings. The maximum Gasteiger partial charge on any atom is 0.275 e. The van der Waals surface area contributed by atoms with Gasteiger partial charge in [-0.1, -0.05) is 35.2 Å².